The van der Waals surface area contributed by atoms with E-state index in [1.54, 1.807) is 0 Å². The van der Waals surface area contributed by atoms with Crippen LogP contribution in [0.4, 0.5) is 5.69 Å². The van der Waals surface area contributed by atoms with E-state index in [1.165, 1.54) is 13.0 Å². The molecule has 2 rings (SSSR count). The Balaban J connectivity index is 1.74. The molecule has 0 fully saturated rings. The topological polar surface area (TPSA) is 78.1 Å². The monoisotopic (exact) mass is 300 g/mol. The molecule has 0 saturated carbocycles. The average molecular weight is 300 g/mol. The molecule has 0 aliphatic heterocycles. The number of anilines is 1. The molecule has 0 unspecified atom stereocenters. The maximum Gasteiger partial charge on any atom is 0.269 e. The smallest absolute Gasteiger partial charge is 0.269 e. The van der Waals surface area contributed by atoms with Crippen molar-refractivity contribution in [2.24, 2.45) is 0 Å². The van der Waals surface area contributed by atoms with Crippen molar-refractivity contribution < 1.29 is 9.59 Å². The minimum Gasteiger partial charge on any atom is -0.375 e. The molecule has 1 heterocycles. The fourth-order valence-electron chi connectivity index (χ4n) is 2.04. The van der Waals surface area contributed by atoms with E-state index in [2.05, 4.69) is 20.4 Å². The molecule has 2 aromatic rings. The van der Waals surface area contributed by atoms with Crippen molar-refractivity contribution in [3.63, 3.8) is 0 Å². The Hall–Kier alpha value is -2.63. The van der Waals surface area contributed by atoms with E-state index < -0.39 is 0 Å². The van der Waals surface area contributed by atoms with Crippen molar-refractivity contribution in [1.29, 1.82) is 0 Å². The molecule has 0 aliphatic carbocycles. The number of aromatic nitrogens is 2. The average Bonchev–Trinajstić information content (AvgIpc) is 3.02. The number of rotatable bonds is 7. The maximum atomic E-state index is 11.9. The molecule has 0 bridgehead atoms. The number of H-pyrrole nitrogens is 1. The second-order valence-corrected chi connectivity index (χ2v) is 5.09. The summed E-state index contributed by atoms with van der Waals surface area (Å²) < 4.78 is 0. The van der Waals surface area contributed by atoms with Crippen LogP contribution in [0.1, 0.15) is 34.3 Å². The Bertz CT molecular complexity index is 637. The van der Waals surface area contributed by atoms with Gasteiger partial charge < -0.3 is 10.2 Å². The summed E-state index contributed by atoms with van der Waals surface area (Å²) in [4.78, 5) is 25.2. The van der Waals surface area contributed by atoms with E-state index in [1.807, 2.05) is 37.4 Å². The number of para-hydroxylation sites is 1. The highest BCUT2D eigenvalue weighted by molar-refractivity contribution is 5.97. The molecule has 116 valence electrons. The van der Waals surface area contributed by atoms with Gasteiger partial charge in [0.05, 0.1) is 0 Å². The van der Waals surface area contributed by atoms with Gasteiger partial charge in [-0.15, -0.1) is 0 Å². The van der Waals surface area contributed by atoms with Gasteiger partial charge in [-0.05, 0) is 24.6 Å². The van der Waals surface area contributed by atoms with E-state index in [-0.39, 0.29) is 17.4 Å². The van der Waals surface area contributed by atoms with Gasteiger partial charge in [-0.3, -0.25) is 14.7 Å². The highest BCUT2D eigenvalue weighted by Gasteiger charge is 2.11. The van der Waals surface area contributed by atoms with Crippen molar-refractivity contribution in [1.82, 2.24) is 15.5 Å². The maximum absolute atomic E-state index is 11.9. The molecule has 1 amide bonds. The van der Waals surface area contributed by atoms with E-state index in [4.69, 9.17) is 0 Å². The number of benzene rings is 1. The Labute approximate surface area is 129 Å². The van der Waals surface area contributed by atoms with Crippen LogP contribution in [-0.4, -0.2) is 42.0 Å². The zero-order chi connectivity index (χ0) is 15.9. The van der Waals surface area contributed by atoms with Gasteiger partial charge in [-0.1, -0.05) is 18.2 Å². The second-order valence-electron chi connectivity index (χ2n) is 5.09. The van der Waals surface area contributed by atoms with Crippen LogP contribution in [0.2, 0.25) is 0 Å². The van der Waals surface area contributed by atoms with Gasteiger partial charge in [0, 0.05) is 32.7 Å². The summed E-state index contributed by atoms with van der Waals surface area (Å²) in [6, 6.07) is 11.5. The van der Waals surface area contributed by atoms with E-state index in [0.717, 1.165) is 18.7 Å². The minimum atomic E-state index is -0.248. The van der Waals surface area contributed by atoms with Crippen molar-refractivity contribution >= 4 is 17.4 Å². The van der Waals surface area contributed by atoms with Crippen LogP contribution < -0.4 is 10.2 Å². The molecule has 0 aliphatic rings. The zero-order valence-electron chi connectivity index (χ0n) is 12.8. The summed E-state index contributed by atoms with van der Waals surface area (Å²) in [5, 5.41) is 9.17. The van der Waals surface area contributed by atoms with Crippen LogP contribution in [0.3, 0.4) is 0 Å². The largest absolute Gasteiger partial charge is 0.375 e. The number of hydrogen-bond acceptors (Lipinski definition) is 4. The summed E-state index contributed by atoms with van der Waals surface area (Å²) in [6.07, 6.45) is 0.824. The molecule has 0 saturated heterocycles. The van der Waals surface area contributed by atoms with Crippen molar-refractivity contribution in [2.45, 2.75) is 13.3 Å². The molecule has 0 radical (unpaired) electrons. The number of carbonyl (C=O) groups is 2. The summed E-state index contributed by atoms with van der Waals surface area (Å²) in [7, 11) is 2.02. The number of aromatic amines is 1. The van der Waals surface area contributed by atoms with Crippen molar-refractivity contribution in [3.8, 4) is 0 Å². The van der Waals surface area contributed by atoms with E-state index >= 15 is 0 Å². The molecule has 1 aromatic heterocycles. The molecule has 22 heavy (non-hydrogen) atoms. The standard InChI is InChI=1S/C16H20N4O2/c1-12(21)14-11-15(19-18-14)16(22)17-9-6-10-20(2)13-7-4-3-5-8-13/h3-5,7-8,11H,6,9-10H2,1-2H3,(H,17,22)(H,18,19). The molecule has 2 N–H and O–H groups in total. The summed E-state index contributed by atoms with van der Waals surface area (Å²) >= 11 is 0. The molecule has 6 nitrogen and oxygen atoms in total. The third kappa shape index (κ3) is 4.18. The lowest BCUT2D eigenvalue weighted by Crippen LogP contribution is -2.28. The van der Waals surface area contributed by atoms with Gasteiger partial charge in [0.25, 0.3) is 5.91 Å². The Morgan fingerprint density at radius 2 is 2.00 bits per heavy atom. The summed E-state index contributed by atoms with van der Waals surface area (Å²) in [6.45, 7) is 2.81. The third-order valence-electron chi connectivity index (χ3n) is 3.34. The number of Topliss-reactive ketones (excluding diaryl/α,β-unsaturated/α-hetero) is 1. The Morgan fingerprint density at radius 1 is 1.27 bits per heavy atom. The van der Waals surface area contributed by atoms with Crippen LogP contribution in [0.15, 0.2) is 36.4 Å². The SMILES string of the molecule is CC(=O)c1cc(C(=O)NCCCN(C)c2ccccc2)[nH]n1. The first kappa shape index (κ1) is 15.8. The molecular weight excluding hydrogens is 280 g/mol. The number of ketones is 1. The lowest BCUT2D eigenvalue weighted by molar-refractivity contribution is 0.0948. The molecule has 1 aromatic carbocycles. The van der Waals surface area contributed by atoms with E-state index in [0.29, 0.717) is 12.2 Å². The van der Waals surface area contributed by atoms with Gasteiger partial charge in [-0.2, -0.15) is 5.10 Å². The fourth-order valence-corrected chi connectivity index (χ4v) is 2.04. The summed E-state index contributed by atoms with van der Waals surface area (Å²) in [5.41, 5.74) is 1.73. The van der Waals surface area contributed by atoms with Gasteiger partial charge in [0.1, 0.15) is 11.4 Å². The first-order chi connectivity index (χ1) is 10.6. The van der Waals surface area contributed by atoms with Crippen LogP contribution in [0.25, 0.3) is 0 Å². The predicted octanol–water partition coefficient (Wildman–Crippen LogP) is 1.87. The van der Waals surface area contributed by atoms with Crippen molar-refractivity contribution in [3.05, 3.63) is 47.8 Å². The normalized spacial score (nSPS) is 10.3. The van der Waals surface area contributed by atoms with Crippen LogP contribution in [0.5, 0.6) is 0 Å². The van der Waals surface area contributed by atoms with Crippen LogP contribution in [-0.2, 0) is 0 Å². The number of carbonyl (C=O) groups excluding carboxylic acids is 2. The van der Waals surface area contributed by atoms with Gasteiger partial charge in [-0.25, -0.2) is 0 Å². The third-order valence-corrected chi connectivity index (χ3v) is 3.34. The quantitative estimate of drug-likeness (QED) is 0.604. The molecular formula is C16H20N4O2. The highest BCUT2D eigenvalue weighted by atomic mass is 16.2. The number of hydrogen-bond donors (Lipinski definition) is 2. The number of amides is 1. The number of nitrogens with one attached hydrogen (secondary N) is 2. The fraction of sp³-hybridized carbons (Fsp3) is 0.312. The zero-order valence-corrected chi connectivity index (χ0v) is 12.8. The minimum absolute atomic E-state index is 0.167. The highest BCUT2D eigenvalue weighted by Crippen LogP contribution is 2.10. The predicted molar refractivity (Wildman–Crippen MR) is 85.3 cm³/mol. The van der Waals surface area contributed by atoms with Gasteiger partial charge in [0.15, 0.2) is 5.78 Å². The molecule has 0 spiro atoms. The lowest BCUT2D eigenvalue weighted by Gasteiger charge is -2.19. The van der Waals surface area contributed by atoms with Crippen molar-refractivity contribution in [2.75, 3.05) is 25.0 Å². The van der Waals surface area contributed by atoms with Crippen LogP contribution >= 0.6 is 0 Å². The molecule has 6 heteroatoms. The van der Waals surface area contributed by atoms with E-state index in [9.17, 15) is 9.59 Å². The summed E-state index contributed by atoms with van der Waals surface area (Å²) in [5.74, 6) is -0.415. The lowest BCUT2D eigenvalue weighted by atomic mass is 10.2. The Morgan fingerprint density at radius 3 is 2.64 bits per heavy atom. The Kier molecular flexibility index (Phi) is 5.30. The first-order valence-corrected chi connectivity index (χ1v) is 7.18. The van der Waals surface area contributed by atoms with Gasteiger partial charge >= 0.3 is 0 Å². The second kappa shape index (κ2) is 7.40. The van der Waals surface area contributed by atoms with Gasteiger partial charge in [0.2, 0.25) is 0 Å². The van der Waals surface area contributed by atoms with Crippen LogP contribution in [0, 0.1) is 0 Å². The first-order valence-electron chi connectivity index (χ1n) is 7.18. The number of nitrogens with zero attached hydrogens (tertiary/aromatic N) is 2. The molecule has 0 atom stereocenters.